The molecule has 1 heterocycles. The van der Waals surface area contributed by atoms with Crippen molar-refractivity contribution in [3.05, 3.63) is 22.7 Å². The Morgan fingerprint density at radius 3 is 2.74 bits per heavy atom. The lowest BCUT2D eigenvalue weighted by atomic mass is 9.86. The van der Waals surface area contributed by atoms with E-state index in [1.165, 1.54) is 11.7 Å². The van der Waals surface area contributed by atoms with Gasteiger partial charge in [0.2, 0.25) is 0 Å². The first kappa shape index (κ1) is 13.6. The Morgan fingerprint density at radius 2 is 2.11 bits per heavy atom. The van der Waals surface area contributed by atoms with Crippen molar-refractivity contribution in [2.24, 2.45) is 13.0 Å². The van der Waals surface area contributed by atoms with Gasteiger partial charge in [0.05, 0.1) is 13.0 Å². The molecule has 1 aliphatic rings. The summed E-state index contributed by atoms with van der Waals surface area (Å²) in [5, 5.41) is 3.17. The Kier molecular flexibility index (Phi) is 4.19. The predicted octanol–water partition coefficient (Wildman–Crippen LogP) is 0.924. The fraction of sp³-hybridized carbons (Fsp3) is 0.615. The number of aromatic nitrogens is 2. The molecule has 6 heteroatoms. The molecule has 1 aromatic rings. The number of hydrogen-bond donors (Lipinski definition) is 1. The molecule has 1 fully saturated rings. The first-order valence-corrected chi connectivity index (χ1v) is 6.48. The van der Waals surface area contributed by atoms with E-state index < -0.39 is 0 Å². The molecule has 1 N–H and O–H groups in total. The van der Waals surface area contributed by atoms with Crippen molar-refractivity contribution in [3.63, 3.8) is 0 Å². The van der Waals surface area contributed by atoms with Gasteiger partial charge in [-0.2, -0.15) is 0 Å². The number of nitrogens with one attached hydrogen (secondary N) is 1. The Morgan fingerprint density at radius 1 is 1.42 bits per heavy atom. The minimum absolute atomic E-state index is 0.00499. The molecule has 0 bridgehead atoms. The van der Waals surface area contributed by atoms with Crippen molar-refractivity contribution < 1.29 is 9.53 Å². The summed E-state index contributed by atoms with van der Waals surface area (Å²) in [5.74, 6) is 0.244. The largest absolute Gasteiger partial charge is 0.469 e. The number of hydrogen-bond acceptors (Lipinski definition) is 5. The van der Waals surface area contributed by atoms with E-state index in [0.717, 1.165) is 25.7 Å². The van der Waals surface area contributed by atoms with Gasteiger partial charge in [-0.1, -0.05) is 0 Å². The van der Waals surface area contributed by atoms with E-state index in [-0.39, 0.29) is 23.5 Å². The first-order valence-electron chi connectivity index (χ1n) is 6.48. The highest BCUT2D eigenvalue weighted by Crippen LogP contribution is 2.26. The normalized spacial score (nSPS) is 22.8. The number of esters is 1. The maximum atomic E-state index is 11.8. The second-order valence-corrected chi connectivity index (χ2v) is 4.91. The van der Waals surface area contributed by atoms with Crippen LogP contribution in [0.5, 0.6) is 0 Å². The molecule has 0 spiro atoms. The van der Waals surface area contributed by atoms with Crippen LogP contribution in [0.15, 0.2) is 17.2 Å². The van der Waals surface area contributed by atoms with Crippen LogP contribution in [0.1, 0.15) is 25.7 Å². The second kappa shape index (κ2) is 5.86. The summed E-state index contributed by atoms with van der Waals surface area (Å²) in [4.78, 5) is 27.3. The molecule has 0 atom stereocenters. The molecular formula is C13H19N3O3. The summed E-state index contributed by atoms with van der Waals surface area (Å²) in [6.45, 7) is 0. The number of methoxy groups -OCH3 is 1. The van der Waals surface area contributed by atoms with E-state index in [1.807, 2.05) is 0 Å². The molecule has 2 rings (SSSR count). The van der Waals surface area contributed by atoms with E-state index in [0.29, 0.717) is 5.82 Å². The van der Waals surface area contributed by atoms with E-state index in [2.05, 4.69) is 10.3 Å². The highest BCUT2D eigenvalue weighted by molar-refractivity contribution is 5.72. The zero-order valence-corrected chi connectivity index (χ0v) is 11.3. The van der Waals surface area contributed by atoms with Crippen LogP contribution in [-0.4, -0.2) is 28.7 Å². The van der Waals surface area contributed by atoms with Crippen LogP contribution in [0.4, 0.5) is 5.82 Å². The van der Waals surface area contributed by atoms with E-state index in [1.54, 1.807) is 19.4 Å². The maximum absolute atomic E-state index is 11.8. The van der Waals surface area contributed by atoms with Crippen LogP contribution in [-0.2, 0) is 16.6 Å². The third-order valence-corrected chi connectivity index (χ3v) is 3.62. The molecule has 0 amide bonds. The number of carbonyl (C=O) groups excluding carboxylic acids is 1. The monoisotopic (exact) mass is 265 g/mol. The lowest BCUT2D eigenvalue weighted by molar-refractivity contribution is -0.146. The van der Waals surface area contributed by atoms with Gasteiger partial charge in [-0.05, 0) is 25.7 Å². The summed E-state index contributed by atoms with van der Waals surface area (Å²) >= 11 is 0. The molecule has 6 nitrogen and oxygen atoms in total. The Bertz CT molecular complexity index is 504. The molecule has 0 radical (unpaired) electrons. The molecule has 0 unspecified atom stereocenters. The van der Waals surface area contributed by atoms with Gasteiger partial charge < -0.3 is 14.6 Å². The van der Waals surface area contributed by atoms with Crippen LogP contribution < -0.4 is 10.9 Å². The Labute approximate surface area is 111 Å². The van der Waals surface area contributed by atoms with Gasteiger partial charge in [0.1, 0.15) is 0 Å². The van der Waals surface area contributed by atoms with E-state index in [9.17, 15) is 9.59 Å². The van der Waals surface area contributed by atoms with Gasteiger partial charge in [-0.3, -0.25) is 9.59 Å². The van der Waals surface area contributed by atoms with Crippen molar-refractivity contribution >= 4 is 11.8 Å². The fourth-order valence-corrected chi connectivity index (χ4v) is 2.43. The summed E-state index contributed by atoms with van der Waals surface area (Å²) in [6, 6.07) is 0.198. The van der Waals surface area contributed by atoms with Crippen molar-refractivity contribution in [3.8, 4) is 0 Å². The van der Waals surface area contributed by atoms with Gasteiger partial charge in [0.15, 0.2) is 5.82 Å². The average molecular weight is 265 g/mol. The Balaban J connectivity index is 1.94. The predicted molar refractivity (Wildman–Crippen MR) is 70.9 cm³/mol. The number of aryl methyl sites for hydroxylation is 1. The SMILES string of the molecule is COC(=O)C1CCC(Nc2nccn(C)c2=O)CC1. The fourth-order valence-electron chi connectivity index (χ4n) is 2.43. The van der Waals surface area contributed by atoms with E-state index >= 15 is 0 Å². The van der Waals surface area contributed by atoms with Gasteiger partial charge >= 0.3 is 5.97 Å². The zero-order chi connectivity index (χ0) is 13.8. The Hall–Kier alpha value is -1.85. The second-order valence-electron chi connectivity index (χ2n) is 4.91. The van der Waals surface area contributed by atoms with E-state index in [4.69, 9.17) is 4.74 Å². The molecule has 1 aliphatic carbocycles. The molecule has 0 aliphatic heterocycles. The standard InChI is InChI=1S/C13H19N3O3/c1-16-8-7-14-11(12(16)17)15-10-5-3-9(4-6-10)13(18)19-2/h7-10H,3-6H2,1-2H3,(H,14,15). The van der Waals surface area contributed by atoms with Crippen molar-refractivity contribution in [1.29, 1.82) is 0 Å². The number of anilines is 1. The highest BCUT2D eigenvalue weighted by atomic mass is 16.5. The van der Waals surface area contributed by atoms with Crippen molar-refractivity contribution in [1.82, 2.24) is 9.55 Å². The minimum atomic E-state index is -0.132. The quantitative estimate of drug-likeness (QED) is 0.823. The third kappa shape index (κ3) is 3.13. The topological polar surface area (TPSA) is 73.2 Å². The summed E-state index contributed by atoms with van der Waals surface area (Å²) < 4.78 is 6.25. The molecule has 0 aromatic carbocycles. The van der Waals surface area contributed by atoms with Crippen molar-refractivity contribution in [2.75, 3.05) is 12.4 Å². The molecule has 0 saturated heterocycles. The molecule has 104 valence electrons. The van der Waals surface area contributed by atoms with Crippen LogP contribution in [0, 0.1) is 5.92 Å². The van der Waals surface area contributed by atoms with Crippen LogP contribution >= 0.6 is 0 Å². The molecule has 1 aromatic heterocycles. The third-order valence-electron chi connectivity index (χ3n) is 3.62. The number of rotatable bonds is 3. The van der Waals surface area contributed by atoms with Gasteiger partial charge in [-0.25, -0.2) is 4.98 Å². The summed E-state index contributed by atoms with van der Waals surface area (Å²) in [6.07, 6.45) is 6.50. The van der Waals surface area contributed by atoms with Crippen molar-refractivity contribution in [2.45, 2.75) is 31.7 Å². The first-order chi connectivity index (χ1) is 9.11. The lowest BCUT2D eigenvalue weighted by Gasteiger charge is -2.27. The molecular weight excluding hydrogens is 246 g/mol. The van der Waals surface area contributed by atoms with Crippen LogP contribution in [0.2, 0.25) is 0 Å². The maximum Gasteiger partial charge on any atom is 0.308 e. The number of nitrogens with zero attached hydrogens (tertiary/aromatic N) is 2. The zero-order valence-electron chi connectivity index (χ0n) is 11.3. The summed E-state index contributed by atoms with van der Waals surface area (Å²) in [5.41, 5.74) is -0.127. The molecule has 1 saturated carbocycles. The number of ether oxygens (including phenoxy) is 1. The van der Waals surface area contributed by atoms with Gasteiger partial charge in [0, 0.05) is 25.5 Å². The van der Waals surface area contributed by atoms with Gasteiger partial charge in [0.25, 0.3) is 5.56 Å². The summed E-state index contributed by atoms with van der Waals surface area (Å²) in [7, 11) is 3.12. The lowest BCUT2D eigenvalue weighted by Crippen LogP contribution is -2.33. The van der Waals surface area contributed by atoms with Gasteiger partial charge in [-0.15, -0.1) is 0 Å². The smallest absolute Gasteiger partial charge is 0.308 e. The molecule has 19 heavy (non-hydrogen) atoms. The highest BCUT2D eigenvalue weighted by Gasteiger charge is 2.27. The number of carbonyl (C=O) groups is 1. The van der Waals surface area contributed by atoms with Crippen LogP contribution in [0.25, 0.3) is 0 Å². The average Bonchev–Trinajstić information content (AvgIpc) is 2.44. The minimum Gasteiger partial charge on any atom is -0.469 e. The van der Waals surface area contributed by atoms with Crippen LogP contribution in [0.3, 0.4) is 0 Å².